The fourth-order valence-electron chi connectivity index (χ4n) is 3.65. The first-order valence-corrected chi connectivity index (χ1v) is 9.23. The van der Waals surface area contributed by atoms with Crippen LogP contribution in [0.25, 0.3) is 44.3 Å². The highest BCUT2D eigenvalue weighted by atomic mass is 16.1. The first-order chi connectivity index (χ1) is 14.1. The molecule has 0 radical (unpaired) electrons. The highest BCUT2D eigenvalue weighted by Crippen LogP contribution is 2.35. The lowest BCUT2D eigenvalue weighted by molar-refractivity contribution is -0.114. The van der Waals surface area contributed by atoms with E-state index in [2.05, 4.69) is 26.7 Å². The Bertz CT molecular complexity index is 1380. The molecule has 0 bridgehead atoms. The Kier molecular flexibility index (Phi) is 3.87. The molecule has 0 spiro atoms. The SMILES string of the molecule is CC(=O)Nc1cccc(-c2cc(-c3cccc4[nH]ncc34)nc3c2cnn3C)c1. The van der Waals surface area contributed by atoms with E-state index in [1.165, 1.54) is 6.92 Å². The van der Waals surface area contributed by atoms with Crippen LogP contribution in [-0.2, 0) is 11.8 Å². The van der Waals surface area contributed by atoms with Gasteiger partial charge in [-0.05, 0) is 35.4 Å². The summed E-state index contributed by atoms with van der Waals surface area (Å²) in [5.41, 5.74) is 6.34. The van der Waals surface area contributed by atoms with Gasteiger partial charge in [-0.1, -0.05) is 24.3 Å². The maximum atomic E-state index is 11.5. The topological polar surface area (TPSA) is 88.5 Å². The molecular formula is C22H18N6O. The zero-order valence-corrected chi connectivity index (χ0v) is 16.0. The van der Waals surface area contributed by atoms with Crippen LogP contribution < -0.4 is 5.32 Å². The summed E-state index contributed by atoms with van der Waals surface area (Å²) in [4.78, 5) is 16.4. The smallest absolute Gasteiger partial charge is 0.221 e. The number of anilines is 1. The summed E-state index contributed by atoms with van der Waals surface area (Å²) in [6.45, 7) is 1.50. The van der Waals surface area contributed by atoms with E-state index in [9.17, 15) is 4.79 Å². The highest BCUT2D eigenvalue weighted by Gasteiger charge is 2.15. The first-order valence-electron chi connectivity index (χ1n) is 9.23. The van der Waals surface area contributed by atoms with Crippen LogP contribution in [0.4, 0.5) is 5.69 Å². The molecule has 0 aliphatic carbocycles. The van der Waals surface area contributed by atoms with Gasteiger partial charge < -0.3 is 5.32 Å². The van der Waals surface area contributed by atoms with Gasteiger partial charge in [0.1, 0.15) is 0 Å². The number of aryl methyl sites for hydroxylation is 1. The Labute approximate surface area is 166 Å². The van der Waals surface area contributed by atoms with Crippen LogP contribution in [-0.4, -0.2) is 30.9 Å². The lowest BCUT2D eigenvalue weighted by atomic mass is 9.99. The molecule has 2 N–H and O–H groups in total. The molecule has 0 aliphatic rings. The van der Waals surface area contributed by atoms with Crippen LogP contribution in [0.1, 0.15) is 6.92 Å². The van der Waals surface area contributed by atoms with Gasteiger partial charge in [0, 0.05) is 36.0 Å². The number of carbonyl (C=O) groups is 1. The van der Waals surface area contributed by atoms with E-state index in [1.54, 1.807) is 4.68 Å². The Hall–Kier alpha value is -4.00. The first kappa shape index (κ1) is 17.1. The Morgan fingerprint density at radius 1 is 1.03 bits per heavy atom. The molecule has 7 nitrogen and oxygen atoms in total. The van der Waals surface area contributed by atoms with Crippen LogP contribution in [0.15, 0.2) is 60.9 Å². The van der Waals surface area contributed by atoms with E-state index in [0.29, 0.717) is 0 Å². The minimum Gasteiger partial charge on any atom is -0.326 e. The number of aromatic amines is 1. The number of hydrogen-bond donors (Lipinski definition) is 2. The van der Waals surface area contributed by atoms with Gasteiger partial charge in [-0.15, -0.1) is 0 Å². The van der Waals surface area contributed by atoms with Gasteiger partial charge in [0.25, 0.3) is 0 Å². The largest absolute Gasteiger partial charge is 0.326 e. The number of fused-ring (bicyclic) bond motifs is 2. The number of nitrogens with zero attached hydrogens (tertiary/aromatic N) is 4. The number of rotatable bonds is 3. The molecule has 142 valence electrons. The van der Waals surface area contributed by atoms with Crippen molar-refractivity contribution in [1.82, 2.24) is 25.0 Å². The van der Waals surface area contributed by atoms with Crippen molar-refractivity contribution in [3.05, 3.63) is 60.9 Å². The number of H-pyrrole nitrogens is 1. The Morgan fingerprint density at radius 2 is 1.90 bits per heavy atom. The summed E-state index contributed by atoms with van der Waals surface area (Å²) >= 11 is 0. The zero-order valence-electron chi connectivity index (χ0n) is 16.0. The van der Waals surface area contributed by atoms with Gasteiger partial charge in [-0.2, -0.15) is 10.2 Å². The molecule has 1 amide bonds. The normalized spacial score (nSPS) is 11.2. The summed E-state index contributed by atoms with van der Waals surface area (Å²) in [6.07, 6.45) is 3.64. The van der Waals surface area contributed by atoms with Crippen LogP contribution in [0.2, 0.25) is 0 Å². The standard InChI is InChI=1S/C22H18N6O/c1-13(29)25-15-6-3-5-14(9-15)17-10-21(26-22-19(17)12-24-28(22)2)16-7-4-8-20-18(16)11-23-27-20/h3-12H,1-2H3,(H,23,27)(H,25,29). The van der Waals surface area contributed by atoms with Gasteiger partial charge in [-0.25, -0.2) is 4.98 Å². The van der Waals surface area contributed by atoms with Gasteiger partial charge in [-0.3, -0.25) is 14.6 Å². The van der Waals surface area contributed by atoms with Crippen LogP contribution >= 0.6 is 0 Å². The van der Waals surface area contributed by atoms with E-state index in [4.69, 9.17) is 4.98 Å². The van der Waals surface area contributed by atoms with Crippen molar-refractivity contribution in [1.29, 1.82) is 0 Å². The third-order valence-electron chi connectivity index (χ3n) is 4.96. The average Bonchev–Trinajstić information content (AvgIpc) is 3.34. The van der Waals surface area contributed by atoms with Crippen LogP contribution in [0, 0.1) is 0 Å². The summed E-state index contributed by atoms with van der Waals surface area (Å²) in [5, 5.41) is 16.4. The third kappa shape index (κ3) is 2.93. The lowest BCUT2D eigenvalue weighted by Gasteiger charge is -2.10. The van der Waals surface area contributed by atoms with Gasteiger partial charge in [0.05, 0.1) is 23.6 Å². The van der Waals surface area contributed by atoms with Crippen molar-refractivity contribution < 1.29 is 4.79 Å². The molecule has 29 heavy (non-hydrogen) atoms. The highest BCUT2D eigenvalue weighted by molar-refractivity contribution is 6.00. The molecule has 3 aromatic heterocycles. The van der Waals surface area contributed by atoms with Crippen molar-refractivity contribution in [3.63, 3.8) is 0 Å². The second kappa shape index (κ2) is 6.56. The molecule has 0 aliphatic heterocycles. The molecule has 2 aromatic carbocycles. The molecular weight excluding hydrogens is 364 g/mol. The second-order valence-corrected chi connectivity index (χ2v) is 6.96. The van der Waals surface area contributed by atoms with E-state index in [0.717, 1.165) is 50.0 Å². The monoisotopic (exact) mass is 382 g/mol. The van der Waals surface area contributed by atoms with Crippen molar-refractivity contribution in [3.8, 4) is 22.4 Å². The second-order valence-electron chi connectivity index (χ2n) is 6.96. The zero-order chi connectivity index (χ0) is 20.0. The quantitative estimate of drug-likeness (QED) is 0.491. The minimum atomic E-state index is -0.101. The molecule has 0 atom stereocenters. The lowest BCUT2D eigenvalue weighted by Crippen LogP contribution is -2.05. The van der Waals surface area contributed by atoms with E-state index < -0.39 is 0 Å². The molecule has 0 fully saturated rings. The molecule has 3 heterocycles. The predicted octanol–water partition coefficient (Wildman–Crippen LogP) is 4.14. The van der Waals surface area contributed by atoms with E-state index in [1.807, 2.05) is 61.9 Å². The molecule has 7 heteroatoms. The fourth-order valence-corrected chi connectivity index (χ4v) is 3.65. The van der Waals surface area contributed by atoms with Crippen molar-refractivity contribution >= 4 is 33.5 Å². The molecule has 0 saturated carbocycles. The van der Waals surface area contributed by atoms with Crippen LogP contribution in [0.3, 0.4) is 0 Å². The van der Waals surface area contributed by atoms with Gasteiger partial charge in [0.15, 0.2) is 5.65 Å². The summed E-state index contributed by atoms with van der Waals surface area (Å²) in [6, 6.07) is 15.9. The Balaban J connectivity index is 1.76. The van der Waals surface area contributed by atoms with Gasteiger partial charge in [0.2, 0.25) is 5.91 Å². The number of amides is 1. The maximum absolute atomic E-state index is 11.5. The number of benzene rings is 2. The number of nitrogens with one attached hydrogen (secondary N) is 2. The number of pyridine rings is 1. The third-order valence-corrected chi connectivity index (χ3v) is 4.96. The van der Waals surface area contributed by atoms with Crippen LogP contribution in [0.5, 0.6) is 0 Å². The summed E-state index contributed by atoms with van der Waals surface area (Å²) in [7, 11) is 1.88. The van der Waals surface area contributed by atoms with Gasteiger partial charge >= 0.3 is 0 Å². The molecule has 0 saturated heterocycles. The molecule has 5 aromatic rings. The average molecular weight is 382 g/mol. The summed E-state index contributed by atoms with van der Waals surface area (Å²) < 4.78 is 1.77. The minimum absolute atomic E-state index is 0.101. The predicted molar refractivity (Wildman–Crippen MR) is 113 cm³/mol. The Morgan fingerprint density at radius 3 is 2.76 bits per heavy atom. The molecule has 5 rings (SSSR count). The van der Waals surface area contributed by atoms with Crippen molar-refractivity contribution in [2.75, 3.05) is 5.32 Å². The number of hydrogen-bond acceptors (Lipinski definition) is 4. The maximum Gasteiger partial charge on any atom is 0.221 e. The number of aromatic nitrogens is 5. The summed E-state index contributed by atoms with van der Waals surface area (Å²) in [5.74, 6) is -0.101. The van der Waals surface area contributed by atoms with E-state index in [-0.39, 0.29) is 5.91 Å². The van der Waals surface area contributed by atoms with Crippen molar-refractivity contribution in [2.24, 2.45) is 7.05 Å². The number of carbonyl (C=O) groups excluding carboxylic acids is 1. The van der Waals surface area contributed by atoms with Crippen molar-refractivity contribution in [2.45, 2.75) is 6.92 Å². The molecule has 0 unspecified atom stereocenters. The van der Waals surface area contributed by atoms with E-state index >= 15 is 0 Å². The fraction of sp³-hybridized carbons (Fsp3) is 0.0909.